The monoisotopic (exact) mass is 240 g/mol. The molecule has 17 heavy (non-hydrogen) atoms. The first-order valence-corrected chi connectivity index (χ1v) is 7.68. The van der Waals surface area contributed by atoms with Crippen LogP contribution < -0.4 is 0 Å². The molecular weight excluding hydrogens is 208 g/mol. The summed E-state index contributed by atoms with van der Waals surface area (Å²) in [5, 5.41) is 10.2. The van der Waals surface area contributed by atoms with Crippen LogP contribution in [0.15, 0.2) is 0 Å². The van der Waals surface area contributed by atoms with Crippen molar-refractivity contribution < 1.29 is 5.11 Å². The minimum Gasteiger partial charge on any atom is -0.393 e. The lowest BCUT2D eigenvalue weighted by Crippen LogP contribution is -2.27. The Hall–Kier alpha value is -0.0400. The second-order valence-electron chi connectivity index (χ2n) is 6.81. The molecule has 0 aromatic carbocycles. The molecule has 0 saturated heterocycles. The van der Waals surface area contributed by atoms with Gasteiger partial charge in [-0.1, -0.05) is 40.5 Å². The first-order valence-electron chi connectivity index (χ1n) is 7.68. The van der Waals surface area contributed by atoms with E-state index in [2.05, 4.69) is 27.7 Å². The third kappa shape index (κ3) is 5.42. The summed E-state index contributed by atoms with van der Waals surface area (Å²) in [6.45, 7) is 9.20. The van der Waals surface area contributed by atoms with Crippen LogP contribution in [0.3, 0.4) is 0 Å². The molecule has 1 heteroatoms. The fourth-order valence-electron chi connectivity index (χ4n) is 3.17. The number of hydrogen-bond donors (Lipinski definition) is 1. The fourth-order valence-corrected chi connectivity index (χ4v) is 3.17. The number of aliphatic hydroxyl groups is 1. The molecule has 0 aromatic rings. The number of aliphatic hydroxyl groups excluding tert-OH is 1. The zero-order valence-corrected chi connectivity index (χ0v) is 12.3. The van der Waals surface area contributed by atoms with Crippen LogP contribution in [0.5, 0.6) is 0 Å². The zero-order valence-electron chi connectivity index (χ0n) is 12.3. The SMILES string of the molecule is CC(C)CCCC(O)C1CCC(C(C)C)CC1. The van der Waals surface area contributed by atoms with Gasteiger partial charge in [-0.25, -0.2) is 0 Å². The van der Waals surface area contributed by atoms with E-state index in [1.54, 1.807) is 0 Å². The predicted octanol–water partition coefficient (Wildman–Crippen LogP) is 4.64. The molecule has 1 atom stereocenters. The number of hydrogen-bond acceptors (Lipinski definition) is 1. The lowest BCUT2D eigenvalue weighted by molar-refractivity contribution is 0.0583. The van der Waals surface area contributed by atoms with Gasteiger partial charge in [0.15, 0.2) is 0 Å². The van der Waals surface area contributed by atoms with Gasteiger partial charge < -0.3 is 5.11 Å². The Morgan fingerprint density at radius 1 is 0.882 bits per heavy atom. The summed E-state index contributed by atoms with van der Waals surface area (Å²) in [4.78, 5) is 0. The molecule has 1 aliphatic rings. The summed E-state index contributed by atoms with van der Waals surface area (Å²) in [6.07, 6.45) is 8.64. The second-order valence-corrected chi connectivity index (χ2v) is 6.81. The molecule has 0 spiro atoms. The van der Waals surface area contributed by atoms with E-state index < -0.39 is 0 Å². The third-order valence-electron chi connectivity index (χ3n) is 4.58. The van der Waals surface area contributed by atoms with Crippen molar-refractivity contribution in [3.8, 4) is 0 Å². The van der Waals surface area contributed by atoms with Gasteiger partial charge in [0.25, 0.3) is 0 Å². The second kappa shape index (κ2) is 7.41. The van der Waals surface area contributed by atoms with Crippen molar-refractivity contribution in [3.05, 3.63) is 0 Å². The molecule has 1 saturated carbocycles. The summed E-state index contributed by atoms with van der Waals surface area (Å²) in [6, 6.07) is 0. The van der Waals surface area contributed by atoms with Gasteiger partial charge in [0.1, 0.15) is 0 Å². The zero-order chi connectivity index (χ0) is 12.8. The molecule has 0 aromatic heterocycles. The van der Waals surface area contributed by atoms with Crippen LogP contribution in [0, 0.1) is 23.7 Å². The highest BCUT2D eigenvalue weighted by molar-refractivity contribution is 4.78. The maximum atomic E-state index is 10.2. The van der Waals surface area contributed by atoms with Crippen molar-refractivity contribution >= 4 is 0 Å². The average molecular weight is 240 g/mol. The van der Waals surface area contributed by atoms with Gasteiger partial charge in [0.05, 0.1) is 6.10 Å². The van der Waals surface area contributed by atoms with Crippen LogP contribution in [0.25, 0.3) is 0 Å². The summed E-state index contributed by atoms with van der Waals surface area (Å²) in [5.41, 5.74) is 0. The fraction of sp³-hybridized carbons (Fsp3) is 1.00. The van der Waals surface area contributed by atoms with Gasteiger partial charge in [-0.3, -0.25) is 0 Å². The van der Waals surface area contributed by atoms with Crippen LogP contribution in [0.2, 0.25) is 0 Å². The Morgan fingerprint density at radius 2 is 1.41 bits per heavy atom. The molecule has 0 radical (unpaired) electrons. The molecule has 1 rings (SSSR count). The standard InChI is InChI=1S/C16H32O/c1-12(2)6-5-7-16(17)15-10-8-14(9-11-15)13(3)4/h12-17H,5-11H2,1-4H3. The highest BCUT2D eigenvalue weighted by Gasteiger charge is 2.27. The molecule has 1 nitrogen and oxygen atoms in total. The van der Waals surface area contributed by atoms with Gasteiger partial charge >= 0.3 is 0 Å². The maximum absolute atomic E-state index is 10.2. The Balaban J connectivity index is 2.19. The van der Waals surface area contributed by atoms with E-state index in [1.807, 2.05) is 0 Å². The van der Waals surface area contributed by atoms with Crippen molar-refractivity contribution in [2.45, 2.75) is 78.7 Å². The molecule has 0 aliphatic heterocycles. The van der Waals surface area contributed by atoms with Gasteiger partial charge in [-0.2, -0.15) is 0 Å². The molecule has 1 aliphatic carbocycles. The Labute approximate surface area is 108 Å². The summed E-state index contributed by atoms with van der Waals surface area (Å²) < 4.78 is 0. The molecule has 0 amide bonds. The van der Waals surface area contributed by atoms with E-state index in [4.69, 9.17) is 0 Å². The minimum absolute atomic E-state index is 0.0261. The van der Waals surface area contributed by atoms with E-state index in [0.29, 0.717) is 5.92 Å². The highest BCUT2D eigenvalue weighted by Crippen LogP contribution is 2.35. The van der Waals surface area contributed by atoms with Crippen molar-refractivity contribution in [3.63, 3.8) is 0 Å². The molecule has 1 fully saturated rings. The molecule has 1 N–H and O–H groups in total. The highest BCUT2D eigenvalue weighted by atomic mass is 16.3. The predicted molar refractivity (Wildman–Crippen MR) is 75.0 cm³/mol. The van der Waals surface area contributed by atoms with Crippen LogP contribution in [0.1, 0.15) is 72.6 Å². The van der Waals surface area contributed by atoms with Crippen molar-refractivity contribution in [2.24, 2.45) is 23.7 Å². The lowest BCUT2D eigenvalue weighted by atomic mass is 9.74. The van der Waals surface area contributed by atoms with E-state index in [1.165, 1.54) is 38.5 Å². The normalized spacial score (nSPS) is 27.7. The van der Waals surface area contributed by atoms with Gasteiger partial charge in [-0.15, -0.1) is 0 Å². The largest absolute Gasteiger partial charge is 0.393 e. The number of rotatable bonds is 6. The minimum atomic E-state index is -0.0261. The van der Waals surface area contributed by atoms with E-state index in [0.717, 1.165) is 24.2 Å². The summed E-state index contributed by atoms with van der Waals surface area (Å²) >= 11 is 0. The molecule has 0 bridgehead atoms. The van der Waals surface area contributed by atoms with Crippen molar-refractivity contribution in [1.29, 1.82) is 0 Å². The Morgan fingerprint density at radius 3 is 1.88 bits per heavy atom. The van der Waals surface area contributed by atoms with E-state index in [9.17, 15) is 5.11 Å². The van der Waals surface area contributed by atoms with Crippen LogP contribution in [0.4, 0.5) is 0 Å². The first kappa shape index (κ1) is 15.0. The van der Waals surface area contributed by atoms with Crippen LogP contribution >= 0.6 is 0 Å². The van der Waals surface area contributed by atoms with Crippen LogP contribution in [-0.2, 0) is 0 Å². The van der Waals surface area contributed by atoms with Gasteiger partial charge in [0.2, 0.25) is 0 Å². The first-order chi connectivity index (χ1) is 8.00. The molecule has 0 heterocycles. The van der Waals surface area contributed by atoms with Gasteiger partial charge in [0, 0.05) is 0 Å². The topological polar surface area (TPSA) is 20.2 Å². The summed E-state index contributed by atoms with van der Waals surface area (Å²) in [5.74, 6) is 3.11. The molecule has 102 valence electrons. The van der Waals surface area contributed by atoms with Crippen LogP contribution in [-0.4, -0.2) is 11.2 Å². The average Bonchev–Trinajstić information content (AvgIpc) is 2.28. The molecular formula is C16H32O. The quantitative estimate of drug-likeness (QED) is 0.717. The smallest absolute Gasteiger partial charge is 0.0568 e. The summed E-state index contributed by atoms with van der Waals surface area (Å²) in [7, 11) is 0. The van der Waals surface area contributed by atoms with Crippen molar-refractivity contribution in [2.75, 3.05) is 0 Å². The maximum Gasteiger partial charge on any atom is 0.0568 e. The lowest BCUT2D eigenvalue weighted by Gasteiger charge is -2.33. The van der Waals surface area contributed by atoms with E-state index >= 15 is 0 Å². The Kier molecular flexibility index (Phi) is 6.54. The van der Waals surface area contributed by atoms with Gasteiger partial charge in [-0.05, 0) is 55.8 Å². The van der Waals surface area contributed by atoms with Crippen molar-refractivity contribution in [1.82, 2.24) is 0 Å². The molecule has 1 unspecified atom stereocenters. The third-order valence-corrected chi connectivity index (χ3v) is 4.58. The van der Waals surface area contributed by atoms with E-state index in [-0.39, 0.29) is 6.10 Å². The Bertz CT molecular complexity index is 190.